The van der Waals surface area contributed by atoms with Crippen LogP contribution in [0.3, 0.4) is 0 Å². The Bertz CT molecular complexity index is 1200. The lowest BCUT2D eigenvalue weighted by Crippen LogP contribution is -2.53. The summed E-state index contributed by atoms with van der Waals surface area (Å²) in [5, 5.41) is 22.1. The lowest BCUT2D eigenvalue weighted by atomic mass is 9.88. The fourth-order valence-electron chi connectivity index (χ4n) is 6.75. The van der Waals surface area contributed by atoms with Crippen LogP contribution >= 0.6 is 0 Å². The number of aliphatic hydroxyl groups is 2. The highest BCUT2D eigenvalue weighted by atomic mass is 16.6. The van der Waals surface area contributed by atoms with Crippen molar-refractivity contribution in [2.45, 2.75) is 121 Å². The minimum absolute atomic E-state index is 0.149. The first-order valence-corrected chi connectivity index (χ1v) is 17.3. The molecule has 2 fully saturated rings. The van der Waals surface area contributed by atoms with Crippen molar-refractivity contribution >= 4 is 12.1 Å². The van der Waals surface area contributed by atoms with Crippen molar-refractivity contribution in [3.05, 3.63) is 66.0 Å². The first-order valence-electron chi connectivity index (χ1n) is 17.3. The predicted octanol–water partition coefficient (Wildman–Crippen LogP) is 5.93. The molecule has 1 unspecified atom stereocenters. The molecule has 3 aliphatic rings. The zero-order chi connectivity index (χ0) is 33.1. The molecule has 254 valence electrons. The van der Waals surface area contributed by atoms with E-state index in [-0.39, 0.29) is 31.1 Å². The van der Waals surface area contributed by atoms with Gasteiger partial charge in [-0.1, -0.05) is 69.9 Å². The number of allylic oxidation sites excluding steroid dienone is 3. The zero-order valence-corrected chi connectivity index (χ0v) is 28.2. The number of pyridine rings is 1. The van der Waals surface area contributed by atoms with Crippen molar-refractivity contribution in [3.63, 3.8) is 0 Å². The third kappa shape index (κ3) is 10.5. The van der Waals surface area contributed by atoms with Crippen molar-refractivity contribution in [2.24, 2.45) is 5.92 Å². The summed E-state index contributed by atoms with van der Waals surface area (Å²) < 4.78 is 11.9. The predicted molar refractivity (Wildman–Crippen MR) is 179 cm³/mol. The number of piperazine rings is 1. The standard InChI is InChI=1S/C37H55N3O6/c1-27(30-13-10-20-38-26-30)11-9-12-28(2)35-29(3)16-17-33(37(4,44)19-18-32(41)25-34(42)46-35)45-36(43)40-23-21-39(22-24-40)31-14-7-5-6-8-15-31/h9-13,16-17,20,26-27,29,31-33,35,41,44H,5-8,14-15,18-19,21-25H2,1-4H3/b11-9+,17-16-,28-12+/t27?,29-,32+,33-,35+,37+/m0/s1. The topological polar surface area (TPSA) is 112 Å². The Hall–Kier alpha value is -3.01. The molecule has 1 aliphatic carbocycles. The van der Waals surface area contributed by atoms with Gasteiger partial charge in [-0.2, -0.15) is 0 Å². The van der Waals surface area contributed by atoms with E-state index in [0.29, 0.717) is 19.1 Å². The van der Waals surface area contributed by atoms with Gasteiger partial charge < -0.3 is 24.6 Å². The average molecular weight is 638 g/mol. The van der Waals surface area contributed by atoms with E-state index in [1.165, 1.54) is 38.5 Å². The van der Waals surface area contributed by atoms with Gasteiger partial charge in [-0.3, -0.25) is 14.7 Å². The molecular formula is C37H55N3O6. The van der Waals surface area contributed by atoms with Gasteiger partial charge in [-0.15, -0.1) is 0 Å². The molecule has 9 nitrogen and oxygen atoms in total. The number of cyclic esters (lactones) is 1. The smallest absolute Gasteiger partial charge is 0.410 e. The van der Waals surface area contributed by atoms with Gasteiger partial charge in [-0.05, 0) is 62.8 Å². The molecule has 9 heteroatoms. The molecule has 0 spiro atoms. The number of nitrogens with zero attached hydrogens (tertiary/aromatic N) is 3. The molecule has 0 aromatic carbocycles. The fourth-order valence-corrected chi connectivity index (χ4v) is 6.75. The Morgan fingerprint density at radius 2 is 1.85 bits per heavy atom. The van der Waals surface area contributed by atoms with Crippen LogP contribution in [0.1, 0.15) is 97.0 Å². The molecule has 1 aromatic rings. The highest BCUT2D eigenvalue weighted by Crippen LogP contribution is 2.28. The van der Waals surface area contributed by atoms with E-state index >= 15 is 0 Å². The summed E-state index contributed by atoms with van der Waals surface area (Å²) >= 11 is 0. The normalized spacial score (nSPS) is 31.3. The minimum Gasteiger partial charge on any atom is -0.457 e. The van der Waals surface area contributed by atoms with E-state index in [9.17, 15) is 19.8 Å². The molecule has 0 radical (unpaired) electrons. The van der Waals surface area contributed by atoms with E-state index in [1.807, 2.05) is 50.4 Å². The summed E-state index contributed by atoms with van der Waals surface area (Å²) in [5.74, 6) is -0.632. The number of carbonyl (C=O) groups is 2. The van der Waals surface area contributed by atoms with Crippen LogP contribution in [0.5, 0.6) is 0 Å². The number of hydrogen-bond acceptors (Lipinski definition) is 8. The highest BCUT2D eigenvalue weighted by molar-refractivity contribution is 5.70. The number of ether oxygens (including phenoxy) is 2. The number of amides is 1. The Morgan fingerprint density at radius 1 is 1.13 bits per heavy atom. The molecule has 1 saturated carbocycles. The second-order valence-corrected chi connectivity index (χ2v) is 13.8. The first kappa shape index (κ1) is 35.8. The summed E-state index contributed by atoms with van der Waals surface area (Å²) in [6.45, 7) is 10.4. The highest BCUT2D eigenvalue weighted by Gasteiger charge is 2.37. The maximum absolute atomic E-state index is 13.4. The number of aliphatic hydroxyl groups excluding tert-OH is 1. The molecular weight excluding hydrogens is 582 g/mol. The van der Waals surface area contributed by atoms with Crippen molar-refractivity contribution in [2.75, 3.05) is 26.2 Å². The summed E-state index contributed by atoms with van der Waals surface area (Å²) in [6.07, 6.45) is 17.9. The number of esters is 1. The molecule has 1 aromatic heterocycles. The van der Waals surface area contributed by atoms with Crippen LogP contribution in [0.25, 0.3) is 0 Å². The van der Waals surface area contributed by atoms with Crippen molar-refractivity contribution < 1.29 is 29.3 Å². The molecule has 6 atom stereocenters. The average Bonchev–Trinajstić information content (AvgIpc) is 3.34. The molecule has 2 N–H and O–H groups in total. The zero-order valence-electron chi connectivity index (χ0n) is 28.2. The number of aromatic nitrogens is 1. The molecule has 1 saturated heterocycles. The van der Waals surface area contributed by atoms with Crippen LogP contribution in [0.4, 0.5) is 4.79 Å². The van der Waals surface area contributed by atoms with Crippen LogP contribution in [0.2, 0.25) is 0 Å². The van der Waals surface area contributed by atoms with Gasteiger partial charge >= 0.3 is 12.1 Å². The maximum atomic E-state index is 13.4. The number of carbonyl (C=O) groups excluding carboxylic acids is 2. The largest absolute Gasteiger partial charge is 0.457 e. The van der Waals surface area contributed by atoms with Crippen LogP contribution in [0.15, 0.2) is 60.5 Å². The summed E-state index contributed by atoms with van der Waals surface area (Å²) in [5.41, 5.74) is 0.490. The Labute approximate surface area is 275 Å². The lowest BCUT2D eigenvalue weighted by Gasteiger charge is -2.40. The van der Waals surface area contributed by atoms with Crippen LogP contribution in [-0.2, 0) is 14.3 Å². The molecule has 46 heavy (non-hydrogen) atoms. The van der Waals surface area contributed by atoms with E-state index in [4.69, 9.17) is 9.47 Å². The van der Waals surface area contributed by atoms with Crippen LogP contribution in [0, 0.1) is 5.92 Å². The maximum Gasteiger partial charge on any atom is 0.410 e. The van der Waals surface area contributed by atoms with E-state index in [1.54, 1.807) is 24.1 Å². The fraction of sp³-hybridized carbons (Fsp3) is 0.649. The Kier molecular flexibility index (Phi) is 13.4. The van der Waals surface area contributed by atoms with Gasteiger partial charge in [-0.25, -0.2) is 4.79 Å². The van der Waals surface area contributed by atoms with Gasteiger partial charge in [0.1, 0.15) is 11.7 Å². The quantitative estimate of drug-likeness (QED) is 0.171. The molecule has 1 amide bonds. The minimum atomic E-state index is -1.44. The van der Waals surface area contributed by atoms with E-state index < -0.39 is 36.0 Å². The van der Waals surface area contributed by atoms with Gasteiger partial charge in [0.25, 0.3) is 0 Å². The van der Waals surface area contributed by atoms with Crippen molar-refractivity contribution in [3.8, 4) is 0 Å². The van der Waals surface area contributed by atoms with Gasteiger partial charge in [0.05, 0.1) is 12.5 Å². The van der Waals surface area contributed by atoms with Gasteiger partial charge in [0.2, 0.25) is 0 Å². The third-order valence-electron chi connectivity index (χ3n) is 9.88. The number of hydrogen-bond donors (Lipinski definition) is 2. The Balaban J connectivity index is 1.45. The van der Waals surface area contributed by atoms with Crippen molar-refractivity contribution in [1.29, 1.82) is 0 Å². The second kappa shape index (κ2) is 17.2. The molecule has 4 rings (SSSR count). The van der Waals surface area contributed by atoms with Crippen molar-refractivity contribution in [1.82, 2.24) is 14.8 Å². The van der Waals surface area contributed by atoms with Crippen LogP contribution in [-0.4, -0.2) is 93.2 Å². The second-order valence-electron chi connectivity index (χ2n) is 13.8. The van der Waals surface area contributed by atoms with E-state index in [2.05, 4.69) is 22.9 Å². The molecule has 0 bridgehead atoms. The van der Waals surface area contributed by atoms with Gasteiger partial charge in [0, 0.05) is 56.5 Å². The van der Waals surface area contributed by atoms with E-state index in [0.717, 1.165) is 24.2 Å². The van der Waals surface area contributed by atoms with Crippen LogP contribution < -0.4 is 0 Å². The number of rotatable bonds is 6. The summed E-state index contributed by atoms with van der Waals surface area (Å²) in [7, 11) is 0. The monoisotopic (exact) mass is 637 g/mol. The van der Waals surface area contributed by atoms with Gasteiger partial charge in [0.15, 0.2) is 6.10 Å². The first-order chi connectivity index (χ1) is 22.0. The SMILES string of the molecule is C/C(=C\C=C\C(C)c1cccnc1)[C@H]1OC(=O)C[C@H](O)CC[C@@](C)(O)[C@@H](OC(=O)N2CCN(C3CCCCCC3)CC2)/C=C\[C@@H]1C. The third-order valence-corrected chi connectivity index (χ3v) is 9.88. The Morgan fingerprint density at radius 3 is 2.52 bits per heavy atom. The molecule has 2 aliphatic heterocycles. The molecule has 3 heterocycles. The lowest BCUT2D eigenvalue weighted by molar-refractivity contribution is -0.151. The summed E-state index contributed by atoms with van der Waals surface area (Å²) in [6, 6.07) is 4.54. The summed E-state index contributed by atoms with van der Waals surface area (Å²) in [4.78, 5) is 34.7.